The number of halogens is 5. The molecule has 0 aromatic heterocycles. The lowest BCUT2D eigenvalue weighted by atomic mass is 10.2. The monoisotopic (exact) mass is 310 g/mol. The van der Waals surface area contributed by atoms with Crippen LogP contribution in [-0.4, -0.2) is 23.9 Å². The highest BCUT2D eigenvalue weighted by Crippen LogP contribution is 2.35. The van der Waals surface area contributed by atoms with E-state index >= 15 is 0 Å². The van der Waals surface area contributed by atoms with E-state index in [4.69, 9.17) is 0 Å². The average molecular weight is 310 g/mol. The van der Waals surface area contributed by atoms with E-state index in [1.165, 1.54) is 36.5 Å². The smallest absolute Gasteiger partial charge is 0.346 e. The second-order valence-electron chi connectivity index (χ2n) is 4.13. The molecule has 0 saturated heterocycles. The van der Waals surface area contributed by atoms with Crippen molar-refractivity contribution >= 4 is 17.5 Å². The molecule has 1 rings (SSSR count). The second kappa shape index (κ2) is 6.06. The normalized spacial score (nSPS) is 11.9. The van der Waals surface area contributed by atoms with Gasteiger partial charge in [-0.15, -0.1) is 0 Å². The van der Waals surface area contributed by atoms with Gasteiger partial charge < -0.3 is 10.6 Å². The lowest BCUT2D eigenvalue weighted by molar-refractivity contribution is -0.269. The van der Waals surface area contributed by atoms with Gasteiger partial charge in [-0.1, -0.05) is 12.1 Å². The molecule has 0 aliphatic carbocycles. The first-order chi connectivity index (χ1) is 9.54. The maximum atomic E-state index is 12.6. The number of carbonyl (C=O) groups is 2. The number of amides is 2. The van der Waals surface area contributed by atoms with Crippen molar-refractivity contribution in [2.45, 2.75) is 25.6 Å². The molecule has 0 unspecified atom stereocenters. The molecule has 0 atom stereocenters. The summed E-state index contributed by atoms with van der Waals surface area (Å²) in [5.74, 6) is -8.18. The Kier molecular flexibility index (Phi) is 4.87. The van der Waals surface area contributed by atoms with Crippen molar-refractivity contribution in [3.63, 3.8) is 0 Å². The van der Waals surface area contributed by atoms with Crippen molar-refractivity contribution in [3.05, 3.63) is 29.8 Å². The topological polar surface area (TPSA) is 58.2 Å². The van der Waals surface area contributed by atoms with E-state index in [9.17, 15) is 31.5 Å². The van der Waals surface area contributed by atoms with Gasteiger partial charge >= 0.3 is 18.0 Å². The van der Waals surface area contributed by atoms with E-state index in [-0.39, 0.29) is 5.91 Å². The molecule has 0 heterocycles. The number of hydrogen-bond donors (Lipinski definition) is 2. The van der Waals surface area contributed by atoms with E-state index in [0.717, 1.165) is 0 Å². The Bertz CT molecular complexity index is 525. The summed E-state index contributed by atoms with van der Waals surface area (Å²) in [5, 5.41) is 3.96. The van der Waals surface area contributed by atoms with Crippen LogP contribution in [0.2, 0.25) is 0 Å². The Morgan fingerprint density at radius 1 is 1.05 bits per heavy atom. The highest BCUT2D eigenvalue weighted by molar-refractivity contribution is 5.88. The van der Waals surface area contributed by atoms with Crippen molar-refractivity contribution in [1.82, 2.24) is 5.32 Å². The largest absolute Gasteiger partial charge is 0.463 e. The van der Waals surface area contributed by atoms with E-state index in [0.29, 0.717) is 11.3 Å². The van der Waals surface area contributed by atoms with E-state index in [1.54, 1.807) is 0 Å². The van der Waals surface area contributed by atoms with Gasteiger partial charge in [-0.2, -0.15) is 22.0 Å². The standard InChI is InChI=1S/C12H11F5N2O2/c1-7(20)19-9-4-2-8(3-5-9)6-18-10(21)11(13,14)12(15,16)17/h2-5H,6H2,1H3,(H,18,21)(H,19,20). The number of benzene rings is 1. The summed E-state index contributed by atoms with van der Waals surface area (Å²) in [6.45, 7) is 0.790. The van der Waals surface area contributed by atoms with Crippen LogP contribution < -0.4 is 10.6 Å². The molecule has 0 aliphatic heterocycles. The molecular formula is C12H11F5N2O2. The molecule has 21 heavy (non-hydrogen) atoms. The predicted octanol–water partition coefficient (Wildman–Crippen LogP) is 2.46. The van der Waals surface area contributed by atoms with Crippen molar-refractivity contribution in [1.29, 1.82) is 0 Å². The summed E-state index contributed by atoms with van der Waals surface area (Å²) in [5.41, 5.74) is 0.730. The Morgan fingerprint density at radius 3 is 2.00 bits per heavy atom. The summed E-state index contributed by atoms with van der Waals surface area (Å²) < 4.78 is 61.1. The number of nitrogens with one attached hydrogen (secondary N) is 2. The number of anilines is 1. The number of alkyl halides is 5. The van der Waals surface area contributed by atoms with Crippen LogP contribution in [0.4, 0.5) is 27.6 Å². The molecule has 116 valence electrons. The van der Waals surface area contributed by atoms with Crippen molar-refractivity contribution in [3.8, 4) is 0 Å². The third kappa shape index (κ3) is 4.40. The van der Waals surface area contributed by atoms with Crippen LogP contribution in [0.1, 0.15) is 12.5 Å². The summed E-state index contributed by atoms with van der Waals surface area (Å²) in [7, 11) is 0. The van der Waals surface area contributed by atoms with Crippen LogP contribution in [0.3, 0.4) is 0 Å². The highest BCUT2D eigenvalue weighted by atomic mass is 19.4. The van der Waals surface area contributed by atoms with Gasteiger partial charge in [-0.3, -0.25) is 9.59 Å². The summed E-state index contributed by atoms with van der Waals surface area (Å²) in [4.78, 5) is 21.6. The number of carbonyl (C=O) groups excluding carboxylic acids is 2. The lowest BCUT2D eigenvalue weighted by Crippen LogP contribution is -2.50. The summed E-state index contributed by atoms with van der Waals surface area (Å²) >= 11 is 0. The maximum Gasteiger partial charge on any atom is 0.463 e. The summed E-state index contributed by atoms with van der Waals surface area (Å²) in [6.07, 6.45) is -5.94. The Balaban J connectivity index is 2.63. The number of hydrogen-bond acceptors (Lipinski definition) is 2. The van der Waals surface area contributed by atoms with Crippen LogP contribution in [0.25, 0.3) is 0 Å². The van der Waals surface area contributed by atoms with Crippen LogP contribution in [0, 0.1) is 0 Å². The predicted molar refractivity (Wildman–Crippen MR) is 63.6 cm³/mol. The second-order valence-corrected chi connectivity index (χ2v) is 4.13. The van der Waals surface area contributed by atoms with Crippen molar-refractivity contribution in [2.75, 3.05) is 5.32 Å². The Morgan fingerprint density at radius 2 is 1.57 bits per heavy atom. The fourth-order valence-corrected chi connectivity index (χ4v) is 1.33. The highest BCUT2D eigenvalue weighted by Gasteiger charge is 2.63. The molecule has 9 heteroatoms. The van der Waals surface area contributed by atoms with Crippen LogP contribution in [0.5, 0.6) is 0 Å². The lowest BCUT2D eigenvalue weighted by Gasteiger charge is -2.18. The van der Waals surface area contributed by atoms with Crippen molar-refractivity contribution in [2.24, 2.45) is 0 Å². The zero-order chi connectivity index (χ0) is 16.3. The third-order valence-corrected chi connectivity index (χ3v) is 2.37. The molecule has 1 aromatic rings. The fraction of sp³-hybridized carbons (Fsp3) is 0.333. The molecule has 2 amide bonds. The zero-order valence-electron chi connectivity index (χ0n) is 10.7. The molecule has 2 N–H and O–H groups in total. The first-order valence-electron chi connectivity index (χ1n) is 5.63. The zero-order valence-corrected chi connectivity index (χ0v) is 10.7. The molecule has 0 radical (unpaired) electrons. The summed E-state index contributed by atoms with van der Waals surface area (Å²) in [6, 6.07) is 5.59. The van der Waals surface area contributed by atoms with Gasteiger partial charge in [-0.05, 0) is 17.7 Å². The molecule has 0 saturated carbocycles. The molecule has 0 bridgehead atoms. The third-order valence-electron chi connectivity index (χ3n) is 2.37. The van der Waals surface area contributed by atoms with Gasteiger partial charge in [0.2, 0.25) is 5.91 Å². The molecule has 1 aromatic carbocycles. The maximum absolute atomic E-state index is 12.6. The first kappa shape index (κ1) is 16.9. The minimum absolute atomic E-state index is 0.301. The quantitative estimate of drug-likeness (QED) is 0.839. The molecule has 4 nitrogen and oxygen atoms in total. The average Bonchev–Trinajstić information content (AvgIpc) is 2.35. The van der Waals surface area contributed by atoms with Gasteiger partial charge in [0, 0.05) is 19.2 Å². The van der Waals surface area contributed by atoms with Gasteiger partial charge in [0.05, 0.1) is 0 Å². The molecular weight excluding hydrogens is 299 g/mol. The molecule has 0 aliphatic rings. The van der Waals surface area contributed by atoms with Gasteiger partial charge in [0.15, 0.2) is 0 Å². The van der Waals surface area contributed by atoms with Gasteiger partial charge in [-0.25, -0.2) is 0 Å². The minimum atomic E-state index is -5.94. The Labute approximate surface area is 116 Å². The number of rotatable bonds is 4. The molecule has 0 fully saturated rings. The van der Waals surface area contributed by atoms with Crippen LogP contribution in [0.15, 0.2) is 24.3 Å². The van der Waals surface area contributed by atoms with Crippen LogP contribution in [-0.2, 0) is 16.1 Å². The van der Waals surface area contributed by atoms with E-state index in [2.05, 4.69) is 5.32 Å². The Hall–Kier alpha value is -2.19. The molecule has 0 spiro atoms. The van der Waals surface area contributed by atoms with Gasteiger partial charge in [0.25, 0.3) is 0 Å². The van der Waals surface area contributed by atoms with Crippen LogP contribution >= 0.6 is 0 Å². The first-order valence-corrected chi connectivity index (χ1v) is 5.63. The van der Waals surface area contributed by atoms with Gasteiger partial charge in [0.1, 0.15) is 0 Å². The van der Waals surface area contributed by atoms with E-state index in [1.807, 2.05) is 0 Å². The van der Waals surface area contributed by atoms with E-state index < -0.39 is 24.6 Å². The van der Waals surface area contributed by atoms with Crippen molar-refractivity contribution < 1.29 is 31.5 Å². The SMILES string of the molecule is CC(=O)Nc1ccc(CNC(=O)C(F)(F)C(F)(F)F)cc1. The minimum Gasteiger partial charge on any atom is -0.346 e. The fourth-order valence-electron chi connectivity index (χ4n) is 1.33.